The van der Waals surface area contributed by atoms with Crippen molar-refractivity contribution >= 4 is 54.8 Å². The van der Waals surface area contributed by atoms with Gasteiger partial charge in [-0.05, 0) is 73.4 Å². The number of aryl methyl sites for hydroxylation is 1. The lowest BCUT2D eigenvalue weighted by molar-refractivity contribution is -0.126. The van der Waals surface area contributed by atoms with Crippen molar-refractivity contribution in [3.63, 3.8) is 0 Å². The third-order valence-corrected chi connectivity index (χ3v) is 8.46. The molecule has 0 aliphatic rings. The average Bonchev–Trinajstić information content (AvgIpc) is 3.20. The highest BCUT2D eigenvalue weighted by atomic mass is 32.2. The molecule has 0 spiro atoms. The molecule has 3 N–H and O–H groups in total. The molecule has 9 nitrogen and oxygen atoms in total. The van der Waals surface area contributed by atoms with Gasteiger partial charge in [-0.15, -0.1) is 0 Å². The highest BCUT2D eigenvalue weighted by molar-refractivity contribution is 7.92. The number of methoxy groups -OCH3 is 1. The second-order valence-electron chi connectivity index (χ2n) is 9.92. The zero-order valence-electron chi connectivity index (χ0n) is 22.7. The van der Waals surface area contributed by atoms with Crippen molar-refractivity contribution in [2.24, 2.45) is 0 Å². The number of anilines is 1. The second kappa shape index (κ2) is 12.3. The number of amides is 2. The number of hydrogen-bond acceptors (Lipinski definition) is 6. The van der Waals surface area contributed by atoms with E-state index in [0.717, 1.165) is 32.9 Å². The van der Waals surface area contributed by atoms with E-state index in [1.807, 2.05) is 61.5 Å². The van der Waals surface area contributed by atoms with Gasteiger partial charge < -0.3 is 20.4 Å². The fourth-order valence-electron chi connectivity index (χ4n) is 4.78. The van der Waals surface area contributed by atoms with Gasteiger partial charge >= 0.3 is 0 Å². The molecule has 4 aromatic rings. The third-order valence-electron chi connectivity index (χ3n) is 6.70. The number of rotatable bonds is 12. The van der Waals surface area contributed by atoms with Gasteiger partial charge in [-0.3, -0.25) is 14.4 Å². The zero-order chi connectivity index (χ0) is 28.9. The van der Waals surface area contributed by atoms with Crippen molar-refractivity contribution in [3.8, 4) is 5.75 Å². The second-order valence-corrected chi connectivity index (χ2v) is 12.1. The summed E-state index contributed by atoms with van der Waals surface area (Å²) in [5.41, 5.74) is 3.03. The first-order chi connectivity index (χ1) is 19.0. The third kappa shape index (κ3) is 7.26. The van der Waals surface area contributed by atoms with Gasteiger partial charge in [-0.25, -0.2) is 8.42 Å². The van der Waals surface area contributed by atoms with Crippen molar-refractivity contribution in [2.75, 3.05) is 23.9 Å². The van der Waals surface area contributed by atoms with Crippen LogP contribution in [-0.2, 0) is 30.6 Å². The van der Waals surface area contributed by atoms with Gasteiger partial charge in [0.15, 0.2) is 9.84 Å². The molecule has 0 saturated carbocycles. The number of hydrogen-bond donors (Lipinski definition) is 3. The van der Waals surface area contributed by atoms with E-state index in [1.165, 1.54) is 6.92 Å². The minimum Gasteiger partial charge on any atom is -0.497 e. The Hall–Kier alpha value is -4.18. The maximum Gasteiger partial charge on any atom is 0.246 e. The fourth-order valence-corrected chi connectivity index (χ4v) is 6.15. The smallest absolute Gasteiger partial charge is 0.246 e. The van der Waals surface area contributed by atoms with E-state index >= 15 is 0 Å². The van der Waals surface area contributed by atoms with Crippen molar-refractivity contribution in [1.82, 2.24) is 10.3 Å². The number of ketones is 1. The number of fused-ring (bicyclic) bond motifs is 2. The molecule has 4 rings (SSSR count). The molecule has 3 aromatic carbocycles. The van der Waals surface area contributed by atoms with E-state index in [4.69, 9.17) is 4.74 Å². The molecule has 0 bridgehead atoms. The van der Waals surface area contributed by atoms with Gasteiger partial charge in [0, 0.05) is 22.3 Å². The standard InChI is InChI=1S/C30H33N3O6S/c1-19(34)18-40(37,38)14-6-9-28(30(36)32-23-11-10-21-7-4-5-8-22(21)15-23)33-29(35)17-25-20(2)31-27-13-12-24(39-3)16-26(25)27/h4-5,7-8,10-13,15-16,28,31H,6,9,14,17-18H2,1-3H3,(H,32,36)(H,33,35)/t28-/m0/s1. The van der Waals surface area contributed by atoms with Crippen LogP contribution in [0.4, 0.5) is 5.69 Å². The molecule has 0 aliphatic heterocycles. The van der Waals surface area contributed by atoms with Crippen LogP contribution in [0.15, 0.2) is 60.7 Å². The van der Waals surface area contributed by atoms with Gasteiger partial charge in [0.25, 0.3) is 0 Å². The van der Waals surface area contributed by atoms with Gasteiger partial charge in [0.05, 0.1) is 19.3 Å². The predicted octanol–water partition coefficient (Wildman–Crippen LogP) is 4.09. The Balaban J connectivity index is 1.51. The monoisotopic (exact) mass is 563 g/mol. The first-order valence-corrected chi connectivity index (χ1v) is 14.8. The van der Waals surface area contributed by atoms with Crippen LogP contribution in [-0.4, -0.2) is 55.7 Å². The van der Waals surface area contributed by atoms with Crippen LogP contribution < -0.4 is 15.4 Å². The highest BCUT2D eigenvalue weighted by Crippen LogP contribution is 2.27. The summed E-state index contributed by atoms with van der Waals surface area (Å²) in [6, 6.07) is 17.8. The largest absolute Gasteiger partial charge is 0.497 e. The number of sulfone groups is 1. The molecule has 0 fully saturated rings. The lowest BCUT2D eigenvalue weighted by Gasteiger charge is -2.19. The molecule has 40 heavy (non-hydrogen) atoms. The van der Waals surface area contributed by atoms with Crippen LogP contribution in [0.3, 0.4) is 0 Å². The minimum atomic E-state index is -3.60. The van der Waals surface area contributed by atoms with E-state index in [1.54, 1.807) is 13.2 Å². The van der Waals surface area contributed by atoms with Gasteiger partial charge in [-0.1, -0.05) is 30.3 Å². The lowest BCUT2D eigenvalue weighted by Crippen LogP contribution is -2.44. The molecule has 10 heteroatoms. The number of ether oxygens (including phenoxy) is 1. The molecule has 0 radical (unpaired) electrons. The average molecular weight is 564 g/mol. The van der Waals surface area contributed by atoms with E-state index in [2.05, 4.69) is 15.6 Å². The summed E-state index contributed by atoms with van der Waals surface area (Å²) in [7, 11) is -2.03. The van der Waals surface area contributed by atoms with E-state index in [9.17, 15) is 22.8 Å². The predicted molar refractivity (Wildman–Crippen MR) is 156 cm³/mol. The summed E-state index contributed by atoms with van der Waals surface area (Å²) < 4.78 is 29.8. The SMILES string of the molecule is COc1ccc2[nH]c(C)c(CC(=O)N[C@@H](CCCS(=O)(=O)CC(C)=O)C(=O)Nc3ccc4ccccc4c3)c2c1. The van der Waals surface area contributed by atoms with Crippen LogP contribution in [0.25, 0.3) is 21.7 Å². The van der Waals surface area contributed by atoms with Crippen LogP contribution >= 0.6 is 0 Å². The maximum absolute atomic E-state index is 13.3. The Kier molecular flexibility index (Phi) is 8.89. The van der Waals surface area contributed by atoms with Crippen molar-refractivity contribution in [1.29, 1.82) is 0 Å². The summed E-state index contributed by atoms with van der Waals surface area (Å²) in [6.07, 6.45) is 0.208. The maximum atomic E-state index is 13.3. The lowest BCUT2D eigenvalue weighted by atomic mass is 10.1. The van der Waals surface area contributed by atoms with E-state index in [-0.39, 0.29) is 30.9 Å². The van der Waals surface area contributed by atoms with Crippen molar-refractivity contribution in [2.45, 2.75) is 39.2 Å². The summed E-state index contributed by atoms with van der Waals surface area (Å²) in [5, 5.41) is 8.47. The molecule has 0 saturated heterocycles. The first kappa shape index (κ1) is 28.8. The number of aromatic nitrogens is 1. The highest BCUT2D eigenvalue weighted by Gasteiger charge is 2.24. The van der Waals surface area contributed by atoms with Crippen molar-refractivity contribution in [3.05, 3.63) is 71.9 Å². The van der Waals surface area contributed by atoms with Crippen LogP contribution in [0, 0.1) is 6.92 Å². The van der Waals surface area contributed by atoms with E-state index in [0.29, 0.717) is 11.4 Å². The van der Waals surface area contributed by atoms with E-state index < -0.39 is 33.3 Å². The van der Waals surface area contributed by atoms with Gasteiger partial charge in [-0.2, -0.15) is 0 Å². The fraction of sp³-hybridized carbons (Fsp3) is 0.300. The van der Waals surface area contributed by atoms with Gasteiger partial charge in [0.2, 0.25) is 11.8 Å². The quantitative estimate of drug-likeness (QED) is 0.238. The molecule has 1 atom stereocenters. The first-order valence-electron chi connectivity index (χ1n) is 13.0. The Morgan fingerprint density at radius 3 is 2.48 bits per heavy atom. The molecular formula is C30H33N3O6S. The van der Waals surface area contributed by atoms with Crippen LogP contribution in [0.2, 0.25) is 0 Å². The number of carbonyl (C=O) groups is 3. The molecule has 0 unspecified atom stereocenters. The molecule has 0 aliphatic carbocycles. The number of Topliss-reactive ketones (excluding diaryl/α,β-unsaturated/α-hetero) is 1. The number of H-pyrrole nitrogens is 1. The van der Waals surface area contributed by atoms with Crippen LogP contribution in [0.1, 0.15) is 31.0 Å². The zero-order valence-corrected chi connectivity index (χ0v) is 23.6. The molecule has 210 valence electrons. The molecular weight excluding hydrogens is 530 g/mol. The Labute approximate surface area is 233 Å². The molecule has 1 aromatic heterocycles. The summed E-state index contributed by atoms with van der Waals surface area (Å²) >= 11 is 0. The van der Waals surface area contributed by atoms with Crippen molar-refractivity contribution < 1.29 is 27.5 Å². The summed E-state index contributed by atoms with van der Waals surface area (Å²) in [6.45, 7) is 3.10. The van der Waals surface area contributed by atoms with Crippen LogP contribution in [0.5, 0.6) is 5.75 Å². The normalized spacial score (nSPS) is 12.3. The Morgan fingerprint density at radius 1 is 1.00 bits per heavy atom. The number of aromatic amines is 1. The molecule has 2 amide bonds. The van der Waals surface area contributed by atoms with Gasteiger partial charge in [0.1, 0.15) is 23.3 Å². The number of nitrogens with one attached hydrogen (secondary N) is 3. The minimum absolute atomic E-state index is 0.0153. The number of benzene rings is 3. The molecule has 1 heterocycles. The Morgan fingerprint density at radius 2 is 1.75 bits per heavy atom. The number of carbonyl (C=O) groups excluding carboxylic acids is 3. The summed E-state index contributed by atoms with van der Waals surface area (Å²) in [4.78, 5) is 41.1. The Bertz CT molecular complexity index is 1680. The topological polar surface area (TPSA) is 134 Å². The summed E-state index contributed by atoms with van der Waals surface area (Å²) in [5.74, 6) is -1.42.